The van der Waals surface area contributed by atoms with Gasteiger partial charge in [0.25, 0.3) is 0 Å². The van der Waals surface area contributed by atoms with Crippen LogP contribution >= 0.6 is 7.60 Å². The topological polar surface area (TPSA) is 61.8 Å². The Balaban J connectivity index is 1.92. The predicted octanol–water partition coefficient (Wildman–Crippen LogP) is 7.02. The lowest BCUT2D eigenvalue weighted by molar-refractivity contribution is -0.137. The molecule has 0 atom stereocenters. The van der Waals surface area contributed by atoms with E-state index in [9.17, 15) is 9.36 Å². The highest BCUT2D eigenvalue weighted by Crippen LogP contribution is 2.48. The van der Waals surface area contributed by atoms with E-state index in [-0.39, 0.29) is 5.97 Å². The van der Waals surface area contributed by atoms with Crippen molar-refractivity contribution in [3.05, 3.63) is 42.0 Å². The number of benzene rings is 1. The van der Waals surface area contributed by atoms with Crippen LogP contribution in [0.2, 0.25) is 0 Å². The summed E-state index contributed by atoms with van der Waals surface area (Å²) in [5.41, 5.74) is 0.993. The highest BCUT2D eigenvalue weighted by Gasteiger charge is 2.22. The molecule has 0 bridgehead atoms. The Labute approximate surface area is 182 Å². The molecular formula is C24H39O5P. The fourth-order valence-corrected chi connectivity index (χ4v) is 4.88. The molecule has 6 heteroatoms. The number of unbranched alkanes of at least 4 members (excludes halogenated alkanes) is 8. The molecule has 1 rings (SSSR count). The Hall–Kier alpha value is -1.42. The summed E-state index contributed by atoms with van der Waals surface area (Å²) in [4.78, 5) is 11.7. The first-order valence-corrected chi connectivity index (χ1v) is 13.1. The van der Waals surface area contributed by atoms with Gasteiger partial charge >= 0.3 is 13.6 Å². The number of carbonyl (C=O) groups excluding carboxylic acids is 1. The van der Waals surface area contributed by atoms with E-state index in [0.717, 1.165) is 37.7 Å². The van der Waals surface area contributed by atoms with Crippen LogP contribution in [0.3, 0.4) is 0 Å². The second kappa shape index (κ2) is 17.3. The summed E-state index contributed by atoms with van der Waals surface area (Å²) in [6, 6.07) is 9.72. The molecule has 0 heterocycles. The molecule has 0 aliphatic carbocycles. The third-order valence-electron chi connectivity index (χ3n) is 4.68. The number of carbonyl (C=O) groups is 1. The van der Waals surface area contributed by atoms with Crippen LogP contribution in [0, 0.1) is 0 Å². The average molecular weight is 439 g/mol. The molecule has 1 aromatic rings. The van der Waals surface area contributed by atoms with E-state index < -0.39 is 7.60 Å². The zero-order valence-corrected chi connectivity index (χ0v) is 19.6. The second-order valence-corrected chi connectivity index (χ2v) is 9.45. The summed E-state index contributed by atoms with van der Waals surface area (Å²) in [7, 11) is -2.86. The molecular weight excluding hydrogens is 399 g/mol. The third kappa shape index (κ3) is 13.7. The average Bonchev–Trinajstić information content (AvgIpc) is 2.74. The van der Waals surface area contributed by atoms with Gasteiger partial charge in [0.1, 0.15) is 0 Å². The van der Waals surface area contributed by atoms with Crippen LogP contribution in [-0.2, 0) is 23.1 Å². The lowest BCUT2D eigenvalue weighted by Gasteiger charge is -2.16. The van der Waals surface area contributed by atoms with Gasteiger partial charge in [-0.15, -0.1) is 0 Å². The minimum Gasteiger partial charge on any atom is -0.463 e. The molecule has 0 unspecified atom stereocenters. The van der Waals surface area contributed by atoms with Gasteiger partial charge in [-0.3, -0.25) is 4.57 Å². The third-order valence-corrected chi connectivity index (χ3v) is 6.85. The Bertz CT molecular complexity index is 620. The quantitative estimate of drug-likeness (QED) is 0.107. The van der Waals surface area contributed by atoms with E-state index in [1.807, 2.05) is 44.2 Å². The summed E-state index contributed by atoms with van der Waals surface area (Å²) < 4.78 is 28.2. The first kappa shape index (κ1) is 26.6. The Morgan fingerprint density at radius 2 is 1.37 bits per heavy atom. The smallest absolute Gasteiger partial charge is 0.330 e. The van der Waals surface area contributed by atoms with Crippen molar-refractivity contribution in [3.63, 3.8) is 0 Å². The van der Waals surface area contributed by atoms with E-state index >= 15 is 0 Å². The molecule has 0 saturated heterocycles. The number of rotatable bonds is 18. The van der Waals surface area contributed by atoms with Crippen molar-refractivity contribution in [2.75, 3.05) is 26.0 Å². The maximum Gasteiger partial charge on any atom is 0.330 e. The van der Waals surface area contributed by atoms with Gasteiger partial charge in [-0.05, 0) is 38.3 Å². The van der Waals surface area contributed by atoms with Gasteiger partial charge in [0.15, 0.2) is 0 Å². The summed E-state index contributed by atoms with van der Waals surface area (Å²) in [5.74, 6) is -0.280. The van der Waals surface area contributed by atoms with Gasteiger partial charge in [0.05, 0.1) is 26.0 Å². The predicted molar refractivity (Wildman–Crippen MR) is 124 cm³/mol. The van der Waals surface area contributed by atoms with Crippen molar-refractivity contribution in [3.8, 4) is 0 Å². The molecule has 0 radical (unpaired) electrons. The lowest BCUT2D eigenvalue weighted by Crippen LogP contribution is -2.02. The van der Waals surface area contributed by atoms with Gasteiger partial charge in [-0.2, -0.15) is 0 Å². The standard InChI is InChI=1S/C24H39O5P/c1-3-28-30(26,29-4-2)22-16-11-9-7-5-6-8-10-15-21-27-24(25)20-19-23-17-13-12-14-18-23/h12-14,17-20H,3-11,15-16,21-22H2,1-2H3/b20-19+. The van der Waals surface area contributed by atoms with E-state index in [0.29, 0.717) is 26.0 Å². The number of hydrogen-bond donors (Lipinski definition) is 0. The molecule has 0 fully saturated rings. The summed E-state index contributed by atoms with van der Waals surface area (Å²) in [5, 5.41) is 0. The second-order valence-electron chi connectivity index (χ2n) is 7.26. The van der Waals surface area contributed by atoms with Crippen LogP contribution in [0.4, 0.5) is 0 Å². The van der Waals surface area contributed by atoms with Gasteiger partial charge in [0, 0.05) is 6.08 Å². The van der Waals surface area contributed by atoms with Crippen molar-refractivity contribution in [2.45, 2.75) is 71.6 Å². The Morgan fingerprint density at radius 1 is 0.833 bits per heavy atom. The van der Waals surface area contributed by atoms with Crippen molar-refractivity contribution < 1.29 is 23.1 Å². The van der Waals surface area contributed by atoms with Gasteiger partial charge in [0.2, 0.25) is 0 Å². The normalized spacial score (nSPS) is 11.8. The largest absolute Gasteiger partial charge is 0.463 e. The summed E-state index contributed by atoms with van der Waals surface area (Å²) in [6.07, 6.45) is 13.7. The molecule has 30 heavy (non-hydrogen) atoms. The molecule has 0 saturated carbocycles. The molecule has 0 amide bonds. The van der Waals surface area contributed by atoms with Crippen LogP contribution in [0.25, 0.3) is 6.08 Å². The van der Waals surface area contributed by atoms with E-state index in [1.165, 1.54) is 31.8 Å². The van der Waals surface area contributed by atoms with Crippen LogP contribution in [-0.4, -0.2) is 32.0 Å². The summed E-state index contributed by atoms with van der Waals surface area (Å²) in [6.45, 7) is 5.04. The van der Waals surface area contributed by atoms with Crippen LogP contribution < -0.4 is 0 Å². The minimum atomic E-state index is -2.86. The van der Waals surface area contributed by atoms with Crippen LogP contribution in [0.15, 0.2) is 36.4 Å². The van der Waals surface area contributed by atoms with Crippen molar-refractivity contribution in [1.29, 1.82) is 0 Å². The molecule has 0 aliphatic rings. The molecule has 1 aromatic carbocycles. The summed E-state index contributed by atoms with van der Waals surface area (Å²) >= 11 is 0. The van der Waals surface area contributed by atoms with Gasteiger partial charge in [-0.25, -0.2) is 4.79 Å². The molecule has 0 N–H and O–H groups in total. The lowest BCUT2D eigenvalue weighted by atomic mass is 10.1. The number of esters is 1. The van der Waals surface area contributed by atoms with Crippen LogP contribution in [0.5, 0.6) is 0 Å². The Kier molecular flexibility index (Phi) is 15.3. The molecule has 5 nitrogen and oxygen atoms in total. The molecule has 0 aromatic heterocycles. The van der Waals surface area contributed by atoms with E-state index in [2.05, 4.69) is 0 Å². The van der Waals surface area contributed by atoms with Crippen molar-refractivity contribution in [1.82, 2.24) is 0 Å². The SMILES string of the molecule is CCOP(=O)(CCCCCCCCCCCOC(=O)/C=C/c1ccccc1)OCC. The first-order chi connectivity index (χ1) is 14.6. The zero-order valence-electron chi connectivity index (χ0n) is 18.7. The fraction of sp³-hybridized carbons (Fsp3) is 0.625. The highest BCUT2D eigenvalue weighted by molar-refractivity contribution is 7.53. The maximum absolute atomic E-state index is 12.3. The molecule has 170 valence electrons. The monoisotopic (exact) mass is 438 g/mol. The highest BCUT2D eigenvalue weighted by atomic mass is 31.2. The molecule has 0 aliphatic heterocycles. The number of ether oxygens (including phenoxy) is 1. The van der Waals surface area contributed by atoms with E-state index in [1.54, 1.807) is 6.08 Å². The first-order valence-electron chi connectivity index (χ1n) is 11.4. The van der Waals surface area contributed by atoms with Crippen LogP contribution in [0.1, 0.15) is 77.2 Å². The molecule has 0 spiro atoms. The zero-order chi connectivity index (χ0) is 21.9. The Morgan fingerprint density at radius 3 is 1.93 bits per heavy atom. The fourth-order valence-electron chi connectivity index (χ4n) is 3.15. The van der Waals surface area contributed by atoms with Gasteiger partial charge < -0.3 is 13.8 Å². The number of hydrogen-bond acceptors (Lipinski definition) is 5. The van der Waals surface area contributed by atoms with Crippen molar-refractivity contribution in [2.24, 2.45) is 0 Å². The maximum atomic E-state index is 12.3. The minimum absolute atomic E-state index is 0.280. The van der Waals surface area contributed by atoms with Gasteiger partial charge in [-0.1, -0.05) is 75.3 Å². The van der Waals surface area contributed by atoms with E-state index in [4.69, 9.17) is 13.8 Å². The van der Waals surface area contributed by atoms with Crippen molar-refractivity contribution >= 4 is 19.6 Å².